The van der Waals surface area contributed by atoms with E-state index in [-0.39, 0.29) is 19.1 Å². The van der Waals surface area contributed by atoms with Crippen molar-refractivity contribution in [2.45, 2.75) is 6.54 Å². The monoisotopic (exact) mass is 179 g/mol. The fourth-order valence-corrected chi connectivity index (χ4v) is 1.20. The first-order valence-corrected chi connectivity index (χ1v) is 3.72. The molecule has 2 rings (SSSR count). The molecule has 0 spiro atoms. The smallest absolute Gasteiger partial charge is 0.240 e. The Kier molecular flexibility index (Phi) is 1.78. The van der Waals surface area contributed by atoms with Crippen molar-refractivity contribution in [3.8, 4) is 11.5 Å². The Morgan fingerprint density at radius 2 is 2.31 bits per heavy atom. The largest absolute Gasteiger partial charge is 0.453 e. The van der Waals surface area contributed by atoms with Crippen LogP contribution in [0.2, 0.25) is 0 Å². The standard InChI is InChI=1S/C9H6FNO2/c1-11-4-6-2-7(10)9-8(3-6)12-5-13-9/h2-3H,4-5H2. The van der Waals surface area contributed by atoms with Crippen LogP contribution in [-0.4, -0.2) is 6.79 Å². The van der Waals surface area contributed by atoms with Gasteiger partial charge in [-0.3, -0.25) is 0 Å². The zero-order chi connectivity index (χ0) is 9.26. The Hall–Kier alpha value is -1.76. The zero-order valence-electron chi connectivity index (χ0n) is 6.71. The van der Waals surface area contributed by atoms with Gasteiger partial charge >= 0.3 is 0 Å². The van der Waals surface area contributed by atoms with Crippen molar-refractivity contribution in [2.24, 2.45) is 0 Å². The maximum atomic E-state index is 13.2. The second-order valence-electron chi connectivity index (χ2n) is 2.63. The van der Waals surface area contributed by atoms with Crippen LogP contribution in [0.25, 0.3) is 4.85 Å². The van der Waals surface area contributed by atoms with Gasteiger partial charge in [0.1, 0.15) is 0 Å². The van der Waals surface area contributed by atoms with Crippen LogP contribution >= 0.6 is 0 Å². The van der Waals surface area contributed by atoms with Gasteiger partial charge in [-0.2, -0.15) is 0 Å². The van der Waals surface area contributed by atoms with Crippen molar-refractivity contribution in [1.82, 2.24) is 0 Å². The highest BCUT2D eigenvalue weighted by atomic mass is 19.1. The molecule has 0 radical (unpaired) electrons. The Bertz CT molecular complexity index is 384. The van der Waals surface area contributed by atoms with Crippen LogP contribution in [0.4, 0.5) is 4.39 Å². The number of halogens is 1. The maximum Gasteiger partial charge on any atom is 0.240 e. The normalized spacial score (nSPS) is 12.6. The summed E-state index contributed by atoms with van der Waals surface area (Å²) in [4.78, 5) is 3.16. The van der Waals surface area contributed by atoms with Gasteiger partial charge in [-0.05, 0) is 12.1 Å². The molecule has 4 heteroatoms. The summed E-state index contributed by atoms with van der Waals surface area (Å²) in [5.74, 6) is 0.0704. The quantitative estimate of drug-likeness (QED) is 0.615. The summed E-state index contributed by atoms with van der Waals surface area (Å²) in [7, 11) is 0. The van der Waals surface area contributed by atoms with E-state index in [0.717, 1.165) is 0 Å². The van der Waals surface area contributed by atoms with Crippen LogP contribution in [-0.2, 0) is 6.54 Å². The Balaban J connectivity index is 2.44. The first-order chi connectivity index (χ1) is 6.31. The Labute approximate surface area is 74.5 Å². The lowest BCUT2D eigenvalue weighted by molar-refractivity contribution is 0.171. The lowest BCUT2D eigenvalue weighted by atomic mass is 10.2. The summed E-state index contributed by atoms with van der Waals surface area (Å²) < 4.78 is 23.1. The molecule has 0 fully saturated rings. The molecule has 0 amide bonds. The van der Waals surface area contributed by atoms with Crippen molar-refractivity contribution in [1.29, 1.82) is 0 Å². The molecule has 66 valence electrons. The fraction of sp³-hybridized carbons (Fsp3) is 0.222. The summed E-state index contributed by atoms with van der Waals surface area (Å²) >= 11 is 0. The SMILES string of the molecule is [C-]#[N+]Cc1cc(F)c2c(c1)OCO2. The van der Waals surface area contributed by atoms with Crippen LogP contribution in [0, 0.1) is 12.4 Å². The number of benzene rings is 1. The molecule has 1 aliphatic heterocycles. The molecule has 1 aliphatic rings. The number of nitrogens with zero attached hydrogens (tertiary/aromatic N) is 1. The summed E-state index contributed by atoms with van der Waals surface area (Å²) in [6, 6.07) is 2.93. The number of hydrogen-bond donors (Lipinski definition) is 0. The van der Waals surface area contributed by atoms with Gasteiger partial charge in [0, 0.05) is 5.56 Å². The third-order valence-electron chi connectivity index (χ3n) is 1.75. The minimum atomic E-state index is -0.464. The summed E-state index contributed by atoms with van der Waals surface area (Å²) in [5, 5.41) is 0. The second-order valence-corrected chi connectivity index (χ2v) is 2.63. The van der Waals surface area contributed by atoms with Crippen molar-refractivity contribution < 1.29 is 13.9 Å². The Morgan fingerprint density at radius 1 is 1.46 bits per heavy atom. The predicted octanol–water partition coefficient (Wildman–Crippen LogP) is 1.97. The summed E-state index contributed by atoms with van der Waals surface area (Å²) in [5.41, 5.74) is 0.608. The van der Waals surface area contributed by atoms with E-state index in [1.807, 2.05) is 0 Å². The third kappa shape index (κ3) is 1.29. The molecule has 0 N–H and O–H groups in total. The molecule has 0 atom stereocenters. The van der Waals surface area contributed by atoms with E-state index in [1.54, 1.807) is 6.07 Å². The number of ether oxygens (including phenoxy) is 2. The van der Waals surface area contributed by atoms with Gasteiger partial charge in [0.15, 0.2) is 11.6 Å². The number of rotatable bonds is 1. The first kappa shape index (κ1) is 7.87. The van der Waals surface area contributed by atoms with E-state index in [2.05, 4.69) is 4.85 Å². The minimum Gasteiger partial charge on any atom is -0.453 e. The van der Waals surface area contributed by atoms with Gasteiger partial charge in [0.05, 0.1) is 0 Å². The van der Waals surface area contributed by atoms with Crippen molar-refractivity contribution in [3.63, 3.8) is 0 Å². The number of fused-ring (bicyclic) bond motifs is 1. The molecule has 0 aliphatic carbocycles. The van der Waals surface area contributed by atoms with E-state index in [4.69, 9.17) is 16.0 Å². The highest BCUT2D eigenvalue weighted by Gasteiger charge is 2.19. The van der Waals surface area contributed by atoms with Crippen molar-refractivity contribution >= 4 is 0 Å². The van der Waals surface area contributed by atoms with Gasteiger partial charge in [0.2, 0.25) is 19.1 Å². The topological polar surface area (TPSA) is 22.8 Å². The summed E-state index contributed by atoms with van der Waals surface area (Å²) in [6.07, 6.45) is 0. The van der Waals surface area contributed by atoms with Crippen molar-refractivity contribution in [2.75, 3.05) is 6.79 Å². The van der Waals surface area contributed by atoms with E-state index in [0.29, 0.717) is 11.3 Å². The molecule has 13 heavy (non-hydrogen) atoms. The van der Waals surface area contributed by atoms with Gasteiger partial charge < -0.3 is 14.3 Å². The zero-order valence-corrected chi connectivity index (χ0v) is 6.71. The van der Waals surface area contributed by atoms with Gasteiger partial charge in [-0.1, -0.05) is 0 Å². The average molecular weight is 179 g/mol. The molecule has 0 saturated carbocycles. The van der Waals surface area contributed by atoms with E-state index in [9.17, 15) is 4.39 Å². The molecule has 0 bridgehead atoms. The molecule has 0 saturated heterocycles. The minimum absolute atomic E-state index is 0.0493. The van der Waals surface area contributed by atoms with E-state index >= 15 is 0 Å². The van der Waals surface area contributed by atoms with Crippen LogP contribution in [0.3, 0.4) is 0 Å². The average Bonchev–Trinajstić information content (AvgIpc) is 2.53. The number of hydrogen-bond acceptors (Lipinski definition) is 2. The van der Waals surface area contributed by atoms with Crippen LogP contribution in [0.1, 0.15) is 5.56 Å². The van der Waals surface area contributed by atoms with E-state index < -0.39 is 5.82 Å². The third-order valence-corrected chi connectivity index (χ3v) is 1.75. The lowest BCUT2D eigenvalue weighted by Gasteiger charge is -1.98. The fourth-order valence-electron chi connectivity index (χ4n) is 1.20. The molecular weight excluding hydrogens is 173 g/mol. The van der Waals surface area contributed by atoms with Crippen LogP contribution in [0.5, 0.6) is 11.5 Å². The van der Waals surface area contributed by atoms with Gasteiger partial charge in [0.25, 0.3) is 0 Å². The lowest BCUT2D eigenvalue weighted by Crippen LogP contribution is -1.93. The highest BCUT2D eigenvalue weighted by Crippen LogP contribution is 2.35. The summed E-state index contributed by atoms with van der Waals surface area (Å²) in [6.45, 7) is 6.85. The predicted molar refractivity (Wildman–Crippen MR) is 42.8 cm³/mol. The Morgan fingerprint density at radius 3 is 3.08 bits per heavy atom. The second kappa shape index (κ2) is 2.94. The molecule has 1 heterocycles. The molecule has 1 aromatic carbocycles. The van der Waals surface area contributed by atoms with Gasteiger partial charge in [-0.15, -0.1) is 0 Å². The molecule has 0 unspecified atom stereocenters. The van der Waals surface area contributed by atoms with Crippen LogP contribution < -0.4 is 9.47 Å². The van der Waals surface area contributed by atoms with Crippen molar-refractivity contribution in [3.05, 3.63) is 34.9 Å². The molecule has 3 nitrogen and oxygen atoms in total. The van der Waals surface area contributed by atoms with Crippen LogP contribution in [0.15, 0.2) is 12.1 Å². The first-order valence-electron chi connectivity index (χ1n) is 3.72. The van der Waals surface area contributed by atoms with E-state index in [1.165, 1.54) is 6.07 Å². The molecule has 1 aromatic rings. The molecular formula is C9H6FNO2. The molecule has 0 aromatic heterocycles. The highest BCUT2D eigenvalue weighted by molar-refractivity contribution is 5.46. The maximum absolute atomic E-state index is 13.2. The van der Waals surface area contributed by atoms with Gasteiger partial charge in [-0.25, -0.2) is 11.0 Å².